The van der Waals surface area contributed by atoms with Crippen molar-refractivity contribution in [1.29, 1.82) is 0 Å². The Morgan fingerprint density at radius 2 is 2.20 bits per heavy atom. The molecule has 7 heteroatoms. The fraction of sp³-hybridized carbons (Fsp3) is 0.154. The summed E-state index contributed by atoms with van der Waals surface area (Å²) < 4.78 is 2.14. The number of para-hydroxylation sites is 1. The molecule has 0 atom stereocenters. The lowest BCUT2D eigenvalue weighted by Gasteiger charge is -2.01. The van der Waals surface area contributed by atoms with E-state index < -0.39 is 0 Å². The first-order chi connectivity index (χ1) is 9.58. The molecule has 1 aromatic carbocycles. The molecule has 0 amide bonds. The molecule has 0 N–H and O–H groups in total. The SMILES string of the molecule is Cc1c([N+](=O)[O-])n(Cc2cnc(Cl)s2)c2ccccc12. The zero-order valence-corrected chi connectivity index (χ0v) is 12.1. The summed E-state index contributed by atoms with van der Waals surface area (Å²) in [5.74, 6) is 0.121. The van der Waals surface area contributed by atoms with Gasteiger partial charge in [0.2, 0.25) is 0 Å². The molecule has 0 fully saturated rings. The van der Waals surface area contributed by atoms with Gasteiger partial charge in [-0.3, -0.25) is 0 Å². The maximum Gasteiger partial charge on any atom is 0.327 e. The van der Waals surface area contributed by atoms with Crippen LogP contribution in [0.2, 0.25) is 4.47 Å². The van der Waals surface area contributed by atoms with Gasteiger partial charge in [0.05, 0.1) is 10.4 Å². The highest BCUT2D eigenvalue weighted by atomic mass is 35.5. The number of nitro groups is 1. The highest BCUT2D eigenvalue weighted by Gasteiger charge is 2.24. The summed E-state index contributed by atoms with van der Waals surface area (Å²) in [4.78, 5) is 15.9. The van der Waals surface area contributed by atoms with Crippen molar-refractivity contribution in [2.75, 3.05) is 0 Å². The van der Waals surface area contributed by atoms with Crippen LogP contribution in [-0.4, -0.2) is 14.5 Å². The van der Waals surface area contributed by atoms with Crippen molar-refractivity contribution in [1.82, 2.24) is 9.55 Å². The number of thiazole rings is 1. The number of aryl methyl sites for hydroxylation is 1. The maximum atomic E-state index is 11.4. The molecule has 0 saturated carbocycles. The van der Waals surface area contributed by atoms with Crippen molar-refractivity contribution >= 4 is 39.7 Å². The second kappa shape index (κ2) is 4.88. The van der Waals surface area contributed by atoms with Crippen molar-refractivity contribution in [2.45, 2.75) is 13.5 Å². The van der Waals surface area contributed by atoms with E-state index in [1.807, 2.05) is 24.3 Å². The molecule has 5 nitrogen and oxygen atoms in total. The van der Waals surface area contributed by atoms with Crippen LogP contribution in [0, 0.1) is 17.0 Å². The Balaban J connectivity index is 2.22. The molecule has 20 heavy (non-hydrogen) atoms. The molecule has 3 rings (SSSR count). The summed E-state index contributed by atoms with van der Waals surface area (Å²) in [5.41, 5.74) is 1.53. The first-order valence-electron chi connectivity index (χ1n) is 5.90. The van der Waals surface area contributed by atoms with Gasteiger partial charge in [0, 0.05) is 11.6 Å². The van der Waals surface area contributed by atoms with Gasteiger partial charge in [0.25, 0.3) is 0 Å². The van der Waals surface area contributed by atoms with Crippen LogP contribution in [0.15, 0.2) is 30.5 Å². The molecule has 3 aromatic rings. The molecule has 2 aromatic heterocycles. The largest absolute Gasteiger partial charge is 0.358 e. The number of halogens is 1. The van der Waals surface area contributed by atoms with E-state index in [-0.39, 0.29) is 10.7 Å². The van der Waals surface area contributed by atoms with E-state index in [0.29, 0.717) is 16.6 Å². The first kappa shape index (κ1) is 13.1. The third-order valence-corrected chi connectivity index (χ3v) is 4.30. The van der Waals surface area contributed by atoms with Crippen LogP contribution in [0.25, 0.3) is 10.9 Å². The molecule has 0 spiro atoms. The molecule has 102 valence electrons. The fourth-order valence-electron chi connectivity index (χ4n) is 2.37. The first-order valence-corrected chi connectivity index (χ1v) is 7.10. The Labute approximate surface area is 123 Å². The number of hydrogen-bond donors (Lipinski definition) is 0. The van der Waals surface area contributed by atoms with Crippen LogP contribution in [0.4, 0.5) is 5.82 Å². The summed E-state index contributed by atoms with van der Waals surface area (Å²) in [6.07, 6.45) is 1.65. The normalized spacial score (nSPS) is 11.1. The molecule has 0 unspecified atom stereocenters. The van der Waals surface area contributed by atoms with Gasteiger partial charge in [-0.15, -0.1) is 11.3 Å². The molecule has 0 aliphatic rings. The number of rotatable bonds is 3. The number of benzene rings is 1. The monoisotopic (exact) mass is 307 g/mol. The second-order valence-electron chi connectivity index (χ2n) is 4.39. The lowest BCUT2D eigenvalue weighted by Crippen LogP contribution is -2.03. The topological polar surface area (TPSA) is 61.0 Å². The standard InChI is InChI=1S/C13H10ClN3O2S/c1-8-10-4-2-3-5-11(10)16(12(8)17(18)19)7-9-6-15-13(14)20-9/h2-6H,7H2,1H3. The van der Waals surface area contributed by atoms with E-state index in [2.05, 4.69) is 4.98 Å². The predicted octanol–water partition coefficient (Wildman–Crippen LogP) is 4.02. The van der Waals surface area contributed by atoms with E-state index in [1.165, 1.54) is 11.3 Å². The molecule has 0 saturated heterocycles. The molecular weight excluding hydrogens is 298 g/mol. The lowest BCUT2D eigenvalue weighted by atomic mass is 10.2. The van der Waals surface area contributed by atoms with Crippen LogP contribution < -0.4 is 0 Å². The van der Waals surface area contributed by atoms with Crippen molar-refractivity contribution in [3.63, 3.8) is 0 Å². The molecular formula is C13H10ClN3O2S. The Morgan fingerprint density at radius 1 is 1.45 bits per heavy atom. The third kappa shape index (κ3) is 2.07. The zero-order valence-electron chi connectivity index (χ0n) is 10.5. The maximum absolute atomic E-state index is 11.4. The summed E-state index contributed by atoms with van der Waals surface area (Å²) in [6, 6.07) is 7.54. The summed E-state index contributed by atoms with van der Waals surface area (Å²) >= 11 is 7.15. The average molecular weight is 308 g/mol. The van der Waals surface area contributed by atoms with Crippen LogP contribution in [0.1, 0.15) is 10.4 Å². The van der Waals surface area contributed by atoms with Crippen LogP contribution in [-0.2, 0) is 6.54 Å². The lowest BCUT2D eigenvalue weighted by molar-refractivity contribution is -0.392. The summed E-state index contributed by atoms with van der Waals surface area (Å²) in [7, 11) is 0. The van der Waals surface area contributed by atoms with Crippen molar-refractivity contribution in [3.8, 4) is 0 Å². The van der Waals surface area contributed by atoms with E-state index in [0.717, 1.165) is 15.8 Å². The predicted molar refractivity (Wildman–Crippen MR) is 79.6 cm³/mol. The van der Waals surface area contributed by atoms with Crippen molar-refractivity contribution in [2.24, 2.45) is 0 Å². The van der Waals surface area contributed by atoms with Gasteiger partial charge in [-0.25, -0.2) is 9.55 Å². The highest BCUT2D eigenvalue weighted by molar-refractivity contribution is 7.15. The second-order valence-corrected chi connectivity index (χ2v) is 6.09. The molecule has 0 bridgehead atoms. The Kier molecular flexibility index (Phi) is 3.19. The van der Waals surface area contributed by atoms with Crippen molar-refractivity contribution in [3.05, 3.63) is 55.5 Å². The minimum absolute atomic E-state index is 0.121. The van der Waals surface area contributed by atoms with Gasteiger partial charge < -0.3 is 10.1 Å². The van der Waals surface area contributed by atoms with E-state index >= 15 is 0 Å². The molecule has 0 aliphatic carbocycles. The van der Waals surface area contributed by atoms with Crippen molar-refractivity contribution < 1.29 is 4.92 Å². The number of aromatic nitrogens is 2. The van der Waals surface area contributed by atoms with E-state index in [9.17, 15) is 10.1 Å². The smallest absolute Gasteiger partial charge is 0.327 e. The Bertz CT molecular complexity index is 809. The van der Waals surface area contributed by atoms with Gasteiger partial charge in [-0.05, 0) is 17.9 Å². The molecule has 2 heterocycles. The van der Waals surface area contributed by atoms with Gasteiger partial charge in [0.1, 0.15) is 12.1 Å². The van der Waals surface area contributed by atoms with Gasteiger partial charge >= 0.3 is 5.82 Å². The third-order valence-electron chi connectivity index (χ3n) is 3.20. The quantitative estimate of drug-likeness (QED) is 0.542. The van der Waals surface area contributed by atoms with Crippen LogP contribution >= 0.6 is 22.9 Å². The van der Waals surface area contributed by atoms with Gasteiger partial charge in [-0.2, -0.15) is 0 Å². The number of hydrogen-bond acceptors (Lipinski definition) is 4. The minimum Gasteiger partial charge on any atom is -0.358 e. The average Bonchev–Trinajstić information content (AvgIpc) is 2.94. The highest BCUT2D eigenvalue weighted by Crippen LogP contribution is 2.32. The van der Waals surface area contributed by atoms with E-state index in [4.69, 9.17) is 11.6 Å². The summed E-state index contributed by atoms with van der Waals surface area (Å²) in [5, 5.41) is 12.3. The number of fused-ring (bicyclic) bond motifs is 1. The molecule has 0 aliphatic heterocycles. The number of nitrogens with zero attached hydrogens (tertiary/aromatic N) is 3. The fourth-order valence-corrected chi connectivity index (χ4v) is 3.34. The Hall–Kier alpha value is -1.92. The van der Waals surface area contributed by atoms with Crippen LogP contribution in [0.5, 0.6) is 0 Å². The van der Waals surface area contributed by atoms with Crippen LogP contribution in [0.3, 0.4) is 0 Å². The van der Waals surface area contributed by atoms with Gasteiger partial charge in [-0.1, -0.05) is 29.8 Å². The van der Waals surface area contributed by atoms with E-state index in [1.54, 1.807) is 17.7 Å². The summed E-state index contributed by atoms with van der Waals surface area (Å²) in [6.45, 7) is 2.17. The van der Waals surface area contributed by atoms with Gasteiger partial charge in [0.15, 0.2) is 4.47 Å². The Morgan fingerprint density at radius 3 is 2.85 bits per heavy atom. The molecule has 0 radical (unpaired) electrons. The minimum atomic E-state index is -0.335. The zero-order chi connectivity index (χ0) is 14.3.